The van der Waals surface area contributed by atoms with Crippen LogP contribution in [0.15, 0.2) is 42.5 Å². The topological polar surface area (TPSA) is 79.3 Å². The molecule has 2 aromatic rings. The summed E-state index contributed by atoms with van der Waals surface area (Å²) in [6.07, 6.45) is 2.43. The Morgan fingerprint density at radius 1 is 1.28 bits per heavy atom. The highest BCUT2D eigenvalue weighted by Gasteiger charge is 2.23. The van der Waals surface area contributed by atoms with E-state index in [9.17, 15) is 10.1 Å². The number of nitrogens with zero attached hydrogens (tertiary/aromatic N) is 2. The summed E-state index contributed by atoms with van der Waals surface area (Å²) in [6, 6.07) is 15.5. The Kier molecular flexibility index (Phi) is 8.69. The lowest BCUT2D eigenvalue weighted by Crippen LogP contribution is -2.24. The molecule has 0 fully saturated rings. The second-order valence-electron chi connectivity index (χ2n) is 7.04. The molecule has 1 unspecified atom stereocenters. The minimum Gasteiger partial charge on any atom is -0.462 e. The van der Waals surface area contributed by atoms with Gasteiger partial charge in [-0.05, 0) is 55.5 Å². The van der Waals surface area contributed by atoms with Crippen molar-refractivity contribution in [1.82, 2.24) is 0 Å². The molecule has 0 bridgehead atoms. The molecule has 2 aromatic carbocycles. The Morgan fingerprint density at radius 3 is 2.66 bits per heavy atom. The number of hydrogen-bond acceptors (Lipinski definition) is 5. The van der Waals surface area contributed by atoms with E-state index in [1.165, 1.54) is 5.56 Å². The largest absolute Gasteiger partial charge is 0.462 e. The summed E-state index contributed by atoms with van der Waals surface area (Å²) in [5.74, 6) is -0.296. The highest BCUT2D eigenvalue weighted by atomic mass is 16.5. The highest BCUT2D eigenvalue weighted by molar-refractivity contribution is 5.89. The zero-order valence-corrected chi connectivity index (χ0v) is 17.6. The van der Waals surface area contributed by atoms with Crippen molar-refractivity contribution in [2.45, 2.75) is 46.1 Å². The monoisotopic (exact) mass is 393 g/mol. The Balaban J connectivity index is 0.00000145. The molecule has 0 aromatic heterocycles. The van der Waals surface area contributed by atoms with E-state index >= 15 is 0 Å². The van der Waals surface area contributed by atoms with E-state index in [4.69, 9.17) is 10.5 Å². The molecule has 0 amide bonds. The summed E-state index contributed by atoms with van der Waals surface area (Å²) >= 11 is 0. The van der Waals surface area contributed by atoms with Crippen LogP contribution in [0.2, 0.25) is 0 Å². The first kappa shape index (κ1) is 22.4. The number of hydrogen-bond donors (Lipinski definition) is 1. The van der Waals surface area contributed by atoms with Gasteiger partial charge in [-0.1, -0.05) is 38.1 Å². The molecule has 5 heteroatoms. The Bertz CT molecular complexity index is 841. The van der Waals surface area contributed by atoms with Crippen LogP contribution < -0.4 is 10.6 Å². The van der Waals surface area contributed by atoms with Gasteiger partial charge < -0.3 is 15.4 Å². The standard InChI is InChI=1S/C22H25N3O2.C2H6/c1-16(24)12-17-13-19-8-10-25(21(19)20(14-17)15-23)9-5-11-27-22(26)18-6-3-2-4-7-18;1-2/h2-4,6-7,13-14,16H,5,8-12,24H2,1H3;1-2H3. The lowest BCUT2D eigenvalue weighted by Gasteiger charge is -2.21. The molecule has 0 saturated heterocycles. The molecule has 2 N–H and O–H groups in total. The third kappa shape index (κ3) is 6.07. The van der Waals surface area contributed by atoms with Gasteiger partial charge in [-0.2, -0.15) is 5.26 Å². The SMILES string of the molecule is CC.CC(N)Cc1cc(C#N)c2c(c1)CCN2CCCOC(=O)c1ccccc1. The molecule has 1 atom stereocenters. The number of rotatable bonds is 7. The lowest BCUT2D eigenvalue weighted by atomic mass is 9.99. The highest BCUT2D eigenvalue weighted by Crippen LogP contribution is 2.33. The average molecular weight is 394 g/mol. The van der Waals surface area contributed by atoms with Gasteiger partial charge in [0.1, 0.15) is 6.07 Å². The third-order valence-corrected chi connectivity index (χ3v) is 4.71. The zero-order valence-electron chi connectivity index (χ0n) is 17.6. The van der Waals surface area contributed by atoms with Gasteiger partial charge >= 0.3 is 5.97 Å². The van der Waals surface area contributed by atoms with Crippen LogP contribution in [-0.4, -0.2) is 31.7 Å². The lowest BCUT2D eigenvalue weighted by molar-refractivity contribution is 0.0502. The molecule has 0 radical (unpaired) electrons. The van der Waals surface area contributed by atoms with E-state index < -0.39 is 0 Å². The average Bonchev–Trinajstić information content (AvgIpc) is 3.15. The second-order valence-corrected chi connectivity index (χ2v) is 7.04. The van der Waals surface area contributed by atoms with Crippen molar-refractivity contribution < 1.29 is 9.53 Å². The number of carbonyl (C=O) groups excluding carboxylic acids is 1. The fourth-order valence-corrected chi connectivity index (χ4v) is 3.57. The Hall–Kier alpha value is -2.84. The van der Waals surface area contributed by atoms with Crippen molar-refractivity contribution in [2.75, 3.05) is 24.6 Å². The molecule has 1 aliphatic rings. The first-order valence-corrected chi connectivity index (χ1v) is 10.4. The molecule has 1 aliphatic heterocycles. The zero-order chi connectivity index (χ0) is 21.2. The molecule has 1 heterocycles. The van der Waals surface area contributed by atoms with Crippen molar-refractivity contribution in [2.24, 2.45) is 5.73 Å². The fourth-order valence-electron chi connectivity index (χ4n) is 3.57. The van der Waals surface area contributed by atoms with Crippen molar-refractivity contribution in [3.8, 4) is 6.07 Å². The smallest absolute Gasteiger partial charge is 0.338 e. The number of benzene rings is 2. The summed E-state index contributed by atoms with van der Waals surface area (Å²) in [6.45, 7) is 7.99. The molecule has 0 spiro atoms. The van der Waals surface area contributed by atoms with Crippen molar-refractivity contribution >= 4 is 11.7 Å². The quantitative estimate of drug-likeness (QED) is 0.566. The third-order valence-electron chi connectivity index (χ3n) is 4.71. The van der Waals surface area contributed by atoms with Crippen molar-refractivity contribution in [3.63, 3.8) is 0 Å². The van der Waals surface area contributed by atoms with Crippen LogP contribution in [0.3, 0.4) is 0 Å². The van der Waals surface area contributed by atoms with E-state index in [1.807, 2.05) is 45.0 Å². The maximum atomic E-state index is 12.0. The van der Waals surface area contributed by atoms with E-state index in [1.54, 1.807) is 12.1 Å². The van der Waals surface area contributed by atoms with Gasteiger partial charge in [-0.25, -0.2) is 4.79 Å². The molecule has 0 aliphatic carbocycles. The van der Waals surface area contributed by atoms with Crippen LogP contribution in [-0.2, 0) is 17.6 Å². The Morgan fingerprint density at radius 2 is 2.00 bits per heavy atom. The molecule has 0 saturated carbocycles. The summed E-state index contributed by atoms with van der Waals surface area (Å²) in [5, 5.41) is 9.57. The molecule has 3 rings (SSSR count). The molecular weight excluding hydrogens is 362 g/mol. The van der Waals surface area contributed by atoms with Gasteiger partial charge in [0.05, 0.1) is 23.4 Å². The van der Waals surface area contributed by atoms with Crippen molar-refractivity contribution in [3.05, 3.63) is 64.7 Å². The predicted octanol–water partition coefficient (Wildman–Crippen LogP) is 4.08. The van der Waals surface area contributed by atoms with Crippen LogP contribution in [0.4, 0.5) is 5.69 Å². The second kappa shape index (κ2) is 11.2. The molecular formula is C24H31N3O2. The summed E-state index contributed by atoms with van der Waals surface area (Å²) in [5.41, 5.74) is 10.5. The number of nitrogens with two attached hydrogens (primary N) is 1. The van der Waals surface area contributed by atoms with Gasteiger partial charge in [0, 0.05) is 19.1 Å². The normalized spacial score (nSPS) is 13.0. The molecule has 29 heavy (non-hydrogen) atoms. The summed E-state index contributed by atoms with van der Waals surface area (Å²) < 4.78 is 5.35. The van der Waals surface area contributed by atoms with E-state index in [0.29, 0.717) is 17.7 Å². The van der Waals surface area contributed by atoms with Gasteiger partial charge in [-0.15, -0.1) is 0 Å². The van der Waals surface area contributed by atoms with E-state index in [-0.39, 0.29) is 12.0 Å². The van der Waals surface area contributed by atoms with Crippen LogP contribution in [0, 0.1) is 11.3 Å². The first-order chi connectivity index (χ1) is 14.1. The minimum atomic E-state index is -0.296. The van der Waals surface area contributed by atoms with Gasteiger partial charge in [0.15, 0.2) is 0 Å². The minimum absolute atomic E-state index is 0.0754. The van der Waals surface area contributed by atoms with Gasteiger partial charge in [-0.3, -0.25) is 0 Å². The van der Waals surface area contributed by atoms with E-state index in [0.717, 1.165) is 43.6 Å². The number of fused-ring (bicyclic) bond motifs is 1. The molecule has 154 valence electrons. The van der Waals surface area contributed by atoms with E-state index in [2.05, 4.69) is 17.0 Å². The van der Waals surface area contributed by atoms with Crippen LogP contribution in [0.25, 0.3) is 0 Å². The number of carbonyl (C=O) groups is 1. The van der Waals surface area contributed by atoms with Gasteiger partial charge in [0.2, 0.25) is 0 Å². The van der Waals surface area contributed by atoms with Crippen molar-refractivity contribution in [1.29, 1.82) is 5.26 Å². The summed E-state index contributed by atoms with van der Waals surface area (Å²) in [7, 11) is 0. The number of anilines is 1. The predicted molar refractivity (Wildman–Crippen MR) is 117 cm³/mol. The number of esters is 1. The van der Waals surface area contributed by atoms with Crippen LogP contribution in [0.1, 0.15) is 54.2 Å². The maximum absolute atomic E-state index is 12.0. The van der Waals surface area contributed by atoms with Crippen LogP contribution in [0.5, 0.6) is 0 Å². The fraction of sp³-hybridized carbons (Fsp3) is 0.417. The number of ether oxygens (including phenoxy) is 1. The Labute approximate surface area is 174 Å². The van der Waals surface area contributed by atoms with Gasteiger partial charge in [0.25, 0.3) is 0 Å². The summed E-state index contributed by atoms with van der Waals surface area (Å²) in [4.78, 5) is 14.2. The van der Waals surface area contributed by atoms with Crippen LogP contribution >= 0.6 is 0 Å². The molecule has 5 nitrogen and oxygen atoms in total. The maximum Gasteiger partial charge on any atom is 0.338 e. The first-order valence-electron chi connectivity index (χ1n) is 10.4. The number of nitriles is 1.